The Morgan fingerprint density at radius 3 is 1.03 bits per heavy atom. The highest BCUT2D eigenvalue weighted by atomic mass is 31.2. The molecule has 0 aromatic carbocycles. The van der Waals surface area contributed by atoms with Crippen LogP contribution in [0, 0.1) is 0 Å². The molecule has 0 rings (SSSR count). The highest BCUT2D eigenvalue weighted by molar-refractivity contribution is 7.43. The third-order valence-electron chi connectivity index (χ3n) is 5.79. The summed E-state index contributed by atoms with van der Waals surface area (Å²) in [5.41, 5.74) is 0. The van der Waals surface area contributed by atoms with Gasteiger partial charge in [-0.25, -0.2) is 0 Å². The first-order valence-electron chi connectivity index (χ1n) is 14.7. The summed E-state index contributed by atoms with van der Waals surface area (Å²) < 4.78 is 16.1. The fourth-order valence-corrected chi connectivity index (χ4v) is 3.78. The monoisotopic (exact) mass is 556 g/mol. The Morgan fingerprint density at radius 1 is 0.568 bits per heavy atom. The van der Waals surface area contributed by atoms with Crippen molar-refractivity contribution in [3.63, 3.8) is 0 Å². The molecular weight excluding hydrogens is 491 g/mol. The Morgan fingerprint density at radius 2 is 0.838 bits per heavy atom. The van der Waals surface area contributed by atoms with Gasteiger partial charge in [0.05, 0.1) is 69.9 Å². The molecule has 0 amide bonds. The highest BCUT2D eigenvalue weighted by Gasteiger charge is 2.03. The normalized spacial score (nSPS) is 12.0. The predicted octanol–water partition coefficient (Wildman–Crippen LogP) is 4.46. The molecule has 0 aliphatic rings. The molecule has 0 radical (unpaired) electrons. The number of rotatable bonds is 22. The van der Waals surface area contributed by atoms with Crippen LogP contribution in [0.25, 0.3) is 0 Å². The number of hydrogen-bond donors (Lipinski definition) is 2. The Labute approximate surface area is 230 Å². The summed E-state index contributed by atoms with van der Waals surface area (Å²) in [6.07, 6.45) is 20.3. The number of phosphoric acid groups is 1. The summed E-state index contributed by atoms with van der Waals surface area (Å²) in [7, 11) is 7.56. The number of hydrogen-bond acceptors (Lipinski definition) is 6. The lowest BCUT2D eigenvalue weighted by atomic mass is 10.0. The van der Waals surface area contributed by atoms with Gasteiger partial charge in [0.1, 0.15) is 13.1 Å². The third kappa shape index (κ3) is 53.0. The molecule has 0 atom stereocenters. The second-order valence-corrected chi connectivity index (χ2v) is 13.2. The van der Waals surface area contributed by atoms with Crippen molar-refractivity contribution in [2.75, 3.05) is 75.2 Å². The first-order chi connectivity index (χ1) is 17.2. The van der Waals surface area contributed by atoms with Crippen LogP contribution in [0.1, 0.15) is 110 Å². The summed E-state index contributed by atoms with van der Waals surface area (Å²) in [5, 5.41) is 16.8. The van der Waals surface area contributed by atoms with E-state index in [2.05, 4.69) is 53.7 Å². The van der Waals surface area contributed by atoms with Crippen LogP contribution < -0.4 is 9.79 Å². The van der Waals surface area contributed by atoms with Gasteiger partial charge in [-0.1, -0.05) is 103 Å². The average molecular weight is 557 g/mol. The van der Waals surface area contributed by atoms with E-state index >= 15 is 0 Å². The van der Waals surface area contributed by atoms with E-state index in [9.17, 15) is 14.4 Å². The van der Waals surface area contributed by atoms with Gasteiger partial charge in [-0.05, 0) is 6.42 Å². The van der Waals surface area contributed by atoms with E-state index in [-0.39, 0.29) is 19.8 Å². The van der Waals surface area contributed by atoms with Crippen LogP contribution >= 0.6 is 7.82 Å². The number of aliphatic hydroxyl groups excluding tert-OH is 2. The summed E-state index contributed by atoms with van der Waals surface area (Å²) in [6, 6.07) is 0. The molecule has 0 unspecified atom stereocenters. The van der Waals surface area contributed by atoms with Crippen molar-refractivity contribution in [2.24, 2.45) is 0 Å². The average Bonchev–Trinajstić information content (AvgIpc) is 2.74. The minimum atomic E-state index is -4.76. The number of quaternary nitrogens is 2. The second kappa shape index (κ2) is 27.5. The first-order valence-corrected chi connectivity index (χ1v) is 16.1. The molecule has 0 saturated heterocycles. The number of nitrogens with zero attached hydrogens (tertiary/aromatic N) is 2. The van der Waals surface area contributed by atoms with Crippen LogP contribution in [0.2, 0.25) is 0 Å². The van der Waals surface area contributed by atoms with Crippen molar-refractivity contribution in [2.45, 2.75) is 110 Å². The number of aliphatic hydroxyl groups is 2. The lowest BCUT2D eigenvalue weighted by molar-refractivity contribution is -0.870. The van der Waals surface area contributed by atoms with Crippen molar-refractivity contribution < 1.29 is 38.1 Å². The molecule has 0 aromatic heterocycles. The van der Waals surface area contributed by atoms with Gasteiger partial charge < -0.3 is 38.1 Å². The van der Waals surface area contributed by atoms with Gasteiger partial charge in [0.15, 0.2) is 0 Å². The van der Waals surface area contributed by atoms with E-state index in [1.807, 2.05) is 0 Å². The SMILES string of the molecule is CCCCCCCCCCCCCCCCCCOP(=O)([O-])[O-].C[N+](C)(C)CCO.C[N+](C)(C)CCO. The molecule has 0 aromatic rings. The second-order valence-electron chi connectivity index (χ2n) is 12.1. The molecule has 37 heavy (non-hydrogen) atoms. The van der Waals surface area contributed by atoms with Gasteiger partial charge >= 0.3 is 0 Å². The van der Waals surface area contributed by atoms with Crippen molar-refractivity contribution in [1.29, 1.82) is 0 Å². The highest BCUT2D eigenvalue weighted by Crippen LogP contribution is 2.24. The van der Waals surface area contributed by atoms with Gasteiger partial charge in [-0.2, -0.15) is 0 Å². The topological polar surface area (TPSA) is 113 Å². The van der Waals surface area contributed by atoms with Crippen molar-refractivity contribution >= 4 is 7.82 Å². The molecular formula is C28H65N2O6P. The zero-order chi connectivity index (χ0) is 29.1. The number of unbranched alkanes of at least 4 members (excludes halogenated alkanes) is 15. The molecule has 2 N–H and O–H groups in total. The smallest absolute Gasteiger partial charge is 0.101 e. The largest absolute Gasteiger partial charge is 0.790 e. The van der Waals surface area contributed by atoms with Gasteiger partial charge in [0.25, 0.3) is 0 Å². The Hall–Kier alpha value is -0.0500. The molecule has 0 fully saturated rings. The minimum Gasteiger partial charge on any atom is -0.790 e. The van der Waals surface area contributed by atoms with Gasteiger partial charge in [-0.3, -0.25) is 0 Å². The molecule has 0 spiro atoms. The van der Waals surface area contributed by atoms with E-state index in [0.29, 0.717) is 6.42 Å². The van der Waals surface area contributed by atoms with Crippen molar-refractivity contribution in [3.05, 3.63) is 0 Å². The Bertz CT molecular complexity index is 474. The lowest BCUT2D eigenvalue weighted by Crippen LogP contribution is -2.36. The van der Waals surface area contributed by atoms with Crippen LogP contribution in [0.5, 0.6) is 0 Å². The molecule has 9 heteroatoms. The molecule has 0 bridgehead atoms. The zero-order valence-corrected chi connectivity index (χ0v) is 26.6. The fourth-order valence-electron chi connectivity index (χ4n) is 3.43. The van der Waals surface area contributed by atoms with Gasteiger partial charge in [-0.15, -0.1) is 0 Å². The van der Waals surface area contributed by atoms with Crippen molar-refractivity contribution in [3.8, 4) is 0 Å². The van der Waals surface area contributed by atoms with Crippen LogP contribution in [-0.2, 0) is 9.09 Å². The molecule has 0 aliphatic carbocycles. The number of likely N-dealkylation sites (N-methyl/N-ethyl adjacent to an activating group) is 2. The summed E-state index contributed by atoms with van der Waals surface area (Å²) >= 11 is 0. The van der Waals surface area contributed by atoms with Crippen LogP contribution in [0.3, 0.4) is 0 Å². The molecule has 0 aliphatic heterocycles. The van der Waals surface area contributed by atoms with E-state index in [1.165, 1.54) is 83.5 Å². The molecule has 0 saturated carbocycles. The van der Waals surface area contributed by atoms with E-state index in [0.717, 1.165) is 34.9 Å². The van der Waals surface area contributed by atoms with E-state index in [1.54, 1.807) is 0 Å². The predicted molar refractivity (Wildman–Crippen MR) is 153 cm³/mol. The lowest BCUT2D eigenvalue weighted by Gasteiger charge is -2.28. The summed E-state index contributed by atoms with van der Waals surface area (Å²) in [6.45, 7) is 4.53. The Kier molecular flexibility index (Phi) is 30.8. The van der Waals surface area contributed by atoms with Gasteiger partial charge in [0.2, 0.25) is 0 Å². The van der Waals surface area contributed by atoms with Crippen LogP contribution in [-0.4, -0.2) is 94.4 Å². The Balaban J connectivity index is -0.000000670. The first kappa shape index (κ1) is 41.4. The van der Waals surface area contributed by atoms with Crippen LogP contribution in [0.15, 0.2) is 0 Å². The fraction of sp³-hybridized carbons (Fsp3) is 1.00. The quantitative estimate of drug-likeness (QED) is 0.116. The van der Waals surface area contributed by atoms with E-state index < -0.39 is 7.82 Å². The molecule has 228 valence electrons. The third-order valence-corrected chi connectivity index (χ3v) is 6.29. The maximum atomic E-state index is 10.2. The van der Waals surface area contributed by atoms with Crippen LogP contribution in [0.4, 0.5) is 0 Å². The number of phosphoric ester groups is 1. The molecule has 8 nitrogen and oxygen atoms in total. The summed E-state index contributed by atoms with van der Waals surface area (Å²) in [4.78, 5) is 20.5. The maximum Gasteiger partial charge on any atom is 0.101 e. The van der Waals surface area contributed by atoms with Gasteiger partial charge in [0, 0.05) is 0 Å². The zero-order valence-electron chi connectivity index (χ0n) is 25.7. The standard InChI is InChI=1S/C18H39O4P.2C5H14NO/c1-2-3-4-5-6-7-8-9-10-11-12-13-14-15-16-17-18-22-23(19,20)21;2*1-6(2,3)4-5-7/h2-18H2,1H3,(H2,19,20,21);2*7H,4-5H2,1-3H3/q;2*+1/p-2. The van der Waals surface area contributed by atoms with Crippen molar-refractivity contribution in [1.82, 2.24) is 0 Å². The van der Waals surface area contributed by atoms with E-state index in [4.69, 9.17) is 10.2 Å². The summed E-state index contributed by atoms with van der Waals surface area (Å²) in [5.74, 6) is 0. The molecule has 0 heterocycles. The minimum absolute atomic E-state index is 0.0444. The maximum absolute atomic E-state index is 10.2.